The Hall–Kier alpha value is -2.84. The number of nitrogens with one attached hydrogen (secondary N) is 1. The second kappa shape index (κ2) is 7.88. The monoisotopic (exact) mass is 474 g/mol. The van der Waals surface area contributed by atoms with E-state index in [9.17, 15) is 4.79 Å². The van der Waals surface area contributed by atoms with Gasteiger partial charge in [0.05, 0.1) is 25.5 Å². The molecule has 148 valence electrons. The molecule has 9 heteroatoms. The third-order valence-corrected chi connectivity index (χ3v) is 5.37. The number of anilines is 1. The van der Waals surface area contributed by atoms with Crippen LogP contribution >= 0.6 is 27.5 Å². The molecule has 1 N–H and O–H groups in total. The molecule has 1 aliphatic heterocycles. The number of carbonyl (C=O) groups is 1. The van der Waals surface area contributed by atoms with Crippen molar-refractivity contribution in [1.82, 2.24) is 14.8 Å². The molecule has 0 spiro atoms. The van der Waals surface area contributed by atoms with Crippen LogP contribution in [0.2, 0.25) is 5.02 Å². The number of hydrogen-bond acceptors (Lipinski definition) is 6. The predicted octanol–water partition coefficient (Wildman–Crippen LogP) is 4.30. The molecule has 1 aliphatic rings. The number of ether oxygens (including phenoxy) is 2. The van der Waals surface area contributed by atoms with Gasteiger partial charge < -0.3 is 14.8 Å². The highest BCUT2D eigenvalue weighted by atomic mass is 79.9. The van der Waals surface area contributed by atoms with Crippen LogP contribution in [0.5, 0.6) is 5.75 Å². The fourth-order valence-corrected chi connectivity index (χ4v) is 3.85. The summed E-state index contributed by atoms with van der Waals surface area (Å²) in [5, 5.41) is 8.14. The number of aromatic nitrogens is 3. The van der Waals surface area contributed by atoms with Crippen LogP contribution in [0.15, 0.2) is 58.8 Å². The van der Waals surface area contributed by atoms with Crippen LogP contribution in [-0.2, 0) is 9.53 Å². The Morgan fingerprint density at radius 3 is 2.66 bits per heavy atom. The number of methoxy groups -OCH3 is 2. The van der Waals surface area contributed by atoms with Crippen LogP contribution < -0.4 is 10.1 Å². The Morgan fingerprint density at radius 2 is 1.97 bits per heavy atom. The second-order valence-electron chi connectivity index (χ2n) is 6.23. The van der Waals surface area contributed by atoms with E-state index in [0.717, 1.165) is 15.6 Å². The predicted molar refractivity (Wildman–Crippen MR) is 113 cm³/mol. The maximum atomic E-state index is 13.0. The van der Waals surface area contributed by atoms with Crippen molar-refractivity contribution in [3.8, 4) is 5.75 Å². The molecule has 0 fully saturated rings. The van der Waals surface area contributed by atoms with Crippen LogP contribution in [-0.4, -0.2) is 35.0 Å². The quantitative estimate of drug-likeness (QED) is 0.567. The average Bonchev–Trinajstić information content (AvgIpc) is 3.20. The van der Waals surface area contributed by atoms with Gasteiger partial charge in [0, 0.05) is 15.1 Å². The zero-order chi connectivity index (χ0) is 20.5. The molecule has 0 saturated heterocycles. The molecule has 0 amide bonds. The SMILES string of the molecule is COC(=O)C1=C(c2ccc(Cl)cc2)Nc2ncnn2[C@@H]1c1cc(Br)ccc1OC. The summed E-state index contributed by atoms with van der Waals surface area (Å²) in [5.41, 5.74) is 2.45. The van der Waals surface area contributed by atoms with Crippen LogP contribution in [0.3, 0.4) is 0 Å². The summed E-state index contributed by atoms with van der Waals surface area (Å²) < 4.78 is 13.2. The van der Waals surface area contributed by atoms with Crippen molar-refractivity contribution in [2.24, 2.45) is 0 Å². The van der Waals surface area contributed by atoms with Crippen molar-refractivity contribution in [2.45, 2.75) is 6.04 Å². The highest BCUT2D eigenvalue weighted by Gasteiger charge is 2.37. The van der Waals surface area contributed by atoms with E-state index in [2.05, 4.69) is 31.3 Å². The summed E-state index contributed by atoms with van der Waals surface area (Å²) >= 11 is 9.55. The molecule has 3 aromatic rings. The van der Waals surface area contributed by atoms with Crippen molar-refractivity contribution >= 4 is 45.1 Å². The van der Waals surface area contributed by atoms with E-state index in [1.165, 1.54) is 13.4 Å². The topological polar surface area (TPSA) is 78.3 Å². The number of halogens is 2. The van der Waals surface area contributed by atoms with Gasteiger partial charge in [-0.15, -0.1) is 0 Å². The lowest BCUT2D eigenvalue weighted by molar-refractivity contribution is -0.136. The standard InChI is InChI=1S/C20H16BrClN4O3/c1-28-15-8-5-12(21)9-14(15)18-16(19(27)29-2)17(11-3-6-13(22)7-4-11)25-20-23-10-24-26(18)20/h3-10,18H,1-2H3,(H,23,24,25)/t18-/m1/s1. The maximum absolute atomic E-state index is 13.0. The number of carbonyl (C=O) groups excluding carboxylic acids is 1. The first-order valence-electron chi connectivity index (χ1n) is 8.62. The lowest BCUT2D eigenvalue weighted by atomic mass is 9.92. The molecule has 7 nitrogen and oxygen atoms in total. The zero-order valence-electron chi connectivity index (χ0n) is 15.5. The molecule has 2 heterocycles. The van der Waals surface area contributed by atoms with Gasteiger partial charge in [0.25, 0.3) is 0 Å². The van der Waals surface area contributed by atoms with Crippen LogP contribution in [0.25, 0.3) is 5.70 Å². The normalized spacial score (nSPS) is 15.5. The summed E-state index contributed by atoms with van der Waals surface area (Å²) in [4.78, 5) is 17.3. The number of benzene rings is 2. The minimum atomic E-state index is -0.612. The molecule has 0 unspecified atom stereocenters. The Labute approximate surface area is 180 Å². The molecule has 0 aliphatic carbocycles. The third-order valence-electron chi connectivity index (χ3n) is 4.62. The number of rotatable bonds is 4. The molecule has 1 atom stereocenters. The van der Waals surface area contributed by atoms with E-state index in [0.29, 0.717) is 28.0 Å². The average molecular weight is 476 g/mol. The van der Waals surface area contributed by atoms with Gasteiger partial charge in [0.2, 0.25) is 5.95 Å². The molecule has 0 bridgehead atoms. The number of esters is 1. The molecule has 4 rings (SSSR count). The number of fused-ring (bicyclic) bond motifs is 1. The van der Waals surface area contributed by atoms with Gasteiger partial charge in [-0.1, -0.05) is 39.7 Å². The van der Waals surface area contributed by atoms with Crippen molar-refractivity contribution in [1.29, 1.82) is 0 Å². The van der Waals surface area contributed by atoms with Crippen LogP contribution in [0.1, 0.15) is 17.2 Å². The lowest BCUT2D eigenvalue weighted by Crippen LogP contribution is -2.29. The third kappa shape index (κ3) is 3.49. The van der Waals surface area contributed by atoms with E-state index in [4.69, 9.17) is 21.1 Å². The molecule has 0 radical (unpaired) electrons. The molecule has 2 aromatic carbocycles. The van der Waals surface area contributed by atoms with Gasteiger partial charge in [0.1, 0.15) is 18.1 Å². The Kier molecular flexibility index (Phi) is 5.29. The van der Waals surface area contributed by atoms with Crippen LogP contribution in [0, 0.1) is 0 Å². The van der Waals surface area contributed by atoms with Gasteiger partial charge >= 0.3 is 5.97 Å². The lowest BCUT2D eigenvalue weighted by Gasteiger charge is -2.30. The maximum Gasteiger partial charge on any atom is 0.338 e. The summed E-state index contributed by atoms with van der Waals surface area (Å²) in [6.07, 6.45) is 1.43. The molecular formula is C20H16BrClN4O3. The second-order valence-corrected chi connectivity index (χ2v) is 7.58. The first kappa shape index (κ1) is 19.5. The zero-order valence-corrected chi connectivity index (χ0v) is 17.9. The van der Waals surface area contributed by atoms with Gasteiger partial charge in [-0.25, -0.2) is 9.48 Å². The van der Waals surface area contributed by atoms with Gasteiger partial charge in [-0.3, -0.25) is 0 Å². The molecule has 0 saturated carbocycles. The van der Waals surface area contributed by atoms with Crippen molar-refractivity contribution in [2.75, 3.05) is 19.5 Å². The highest BCUT2D eigenvalue weighted by molar-refractivity contribution is 9.10. The Morgan fingerprint density at radius 1 is 1.21 bits per heavy atom. The fraction of sp³-hybridized carbons (Fsp3) is 0.150. The van der Waals surface area contributed by atoms with Gasteiger partial charge in [0.15, 0.2) is 0 Å². The van der Waals surface area contributed by atoms with E-state index < -0.39 is 12.0 Å². The van der Waals surface area contributed by atoms with Gasteiger partial charge in [-0.05, 0) is 35.9 Å². The first-order chi connectivity index (χ1) is 14.0. The number of nitrogens with zero attached hydrogens (tertiary/aromatic N) is 3. The molecule has 1 aromatic heterocycles. The van der Waals surface area contributed by atoms with Crippen molar-refractivity contribution < 1.29 is 14.3 Å². The fourth-order valence-electron chi connectivity index (χ4n) is 3.34. The van der Waals surface area contributed by atoms with Crippen molar-refractivity contribution in [3.05, 3.63) is 75.0 Å². The minimum Gasteiger partial charge on any atom is -0.496 e. The summed E-state index contributed by atoms with van der Waals surface area (Å²) in [7, 11) is 2.93. The van der Waals surface area contributed by atoms with E-state index in [1.807, 2.05) is 30.3 Å². The Bertz CT molecular complexity index is 1110. The van der Waals surface area contributed by atoms with E-state index >= 15 is 0 Å². The smallest absolute Gasteiger partial charge is 0.338 e. The largest absolute Gasteiger partial charge is 0.496 e. The van der Waals surface area contributed by atoms with E-state index in [1.54, 1.807) is 23.9 Å². The summed E-state index contributed by atoms with van der Waals surface area (Å²) in [6, 6.07) is 12.1. The first-order valence-corrected chi connectivity index (χ1v) is 9.79. The Balaban J connectivity index is 2.02. The minimum absolute atomic E-state index is 0.379. The number of hydrogen-bond donors (Lipinski definition) is 1. The van der Waals surface area contributed by atoms with Gasteiger partial charge in [-0.2, -0.15) is 10.1 Å². The molecular weight excluding hydrogens is 460 g/mol. The highest BCUT2D eigenvalue weighted by Crippen LogP contribution is 2.42. The van der Waals surface area contributed by atoms with E-state index in [-0.39, 0.29) is 0 Å². The molecule has 29 heavy (non-hydrogen) atoms. The summed E-state index contributed by atoms with van der Waals surface area (Å²) in [6.45, 7) is 0. The van der Waals surface area contributed by atoms with Crippen LogP contribution in [0.4, 0.5) is 5.95 Å². The van der Waals surface area contributed by atoms with Crippen molar-refractivity contribution in [3.63, 3.8) is 0 Å². The summed E-state index contributed by atoms with van der Waals surface area (Å²) in [5.74, 6) is 0.615.